The summed E-state index contributed by atoms with van der Waals surface area (Å²) in [4.78, 5) is 0. The zero-order chi connectivity index (χ0) is 12.0. The van der Waals surface area contributed by atoms with Crippen LogP contribution in [0.25, 0.3) is 0 Å². The summed E-state index contributed by atoms with van der Waals surface area (Å²) in [5, 5.41) is 15.2. The minimum atomic E-state index is 0.360. The summed E-state index contributed by atoms with van der Waals surface area (Å²) >= 11 is 0. The van der Waals surface area contributed by atoms with Crippen molar-refractivity contribution in [1.82, 2.24) is 25.5 Å². The van der Waals surface area contributed by atoms with Crippen molar-refractivity contribution in [2.24, 2.45) is 5.92 Å². The Morgan fingerprint density at radius 2 is 2.06 bits per heavy atom. The molecule has 92 valence electrons. The molecule has 1 aromatic heterocycles. The van der Waals surface area contributed by atoms with Crippen LogP contribution in [0.1, 0.15) is 52.4 Å². The van der Waals surface area contributed by atoms with Crippen molar-refractivity contribution in [2.45, 2.75) is 53.1 Å². The van der Waals surface area contributed by atoms with Crippen molar-refractivity contribution >= 4 is 0 Å². The van der Waals surface area contributed by atoms with E-state index in [1.165, 1.54) is 0 Å². The number of tetrazole rings is 1. The van der Waals surface area contributed by atoms with Crippen LogP contribution in [0.4, 0.5) is 0 Å². The van der Waals surface area contributed by atoms with Gasteiger partial charge in [-0.25, -0.2) is 4.68 Å². The number of hydrogen-bond acceptors (Lipinski definition) is 4. The number of rotatable bonds is 7. The maximum absolute atomic E-state index is 4.08. The van der Waals surface area contributed by atoms with Gasteiger partial charge in [0.15, 0.2) is 5.82 Å². The lowest BCUT2D eigenvalue weighted by Gasteiger charge is -2.19. The maximum Gasteiger partial charge on any atom is 0.165 e. The minimum absolute atomic E-state index is 0.360. The molecule has 1 aromatic rings. The van der Waals surface area contributed by atoms with Crippen molar-refractivity contribution in [1.29, 1.82) is 0 Å². The molecular formula is C11H23N5. The molecule has 1 rings (SSSR count). The van der Waals surface area contributed by atoms with Crippen molar-refractivity contribution in [2.75, 3.05) is 6.54 Å². The smallest absolute Gasteiger partial charge is 0.165 e. The molecule has 1 heterocycles. The van der Waals surface area contributed by atoms with Crippen LogP contribution >= 0.6 is 0 Å². The third kappa shape index (κ3) is 3.27. The fraction of sp³-hybridized carbons (Fsp3) is 0.909. The Kier molecular flexibility index (Phi) is 5.38. The average Bonchev–Trinajstić information content (AvgIpc) is 2.75. The van der Waals surface area contributed by atoms with Gasteiger partial charge >= 0.3 is 0 Å². The zero-order valence-corrected chi connectivity index (χ0v) is 10.8. The van der Waals surface area contributed by atoms with Gasteiger partial charge < -0.3 is 5.32 Å². The minimum Gasteiger partial charge on any atom is -0.310 e. The normalized spacial score (nSPS) is 15.0. The van der Waals surface area contributed by atoms with E-state index in [1.807, 2.05) is 4.68 Å². The van der Waals surface area contributed by atoms with Crippen molar-refractivity contribution in [3.63, 3.8) is 0 Å². The van der Waals surface area contributed by atoms with E-state index >= 15 is 0 Å². The van der Waals surface area contributed by atoms with Crippen LogP contribution in [0.5, 0.6) is 0 Å². The monoisotopic (exact) mass is 225 g/mol. The molecule has 2 atom stereocenters. The molecule has 0 amide bonds. The van der Waals surface area contributed by atoms with Gasteiger partial charge in [-0.15, -0.1) is 5.10 Å². The number of nitrogens with one attached hydrogen (secondary N) is 1. The van der Waals surface area contributed by atoms with Crippen LogP contribution in [0.3, 0.4) is 0 Å². The summed E-state index contributed by atoms with van der Waals surface area (Å²) < 4.78 is 1.94. The predicted octanol–water partition coefficient (Wildman–Crippen LogP) is 1.78. The summed E-state index contributed by atoms with van der Waals surface area (Å²) in [5.41, 5.74) is 0. The van der Waals surface area contributed by atoms with Crippen molar-refractivity contribution in [3.8, 4) is 0 Å². The van der Waals surface area contributed by atoms with Crippen LogP contribution < -0.4 is 5.32 Å². The van der Waals surface area contributed by atoms with Crippen LogP contribution in [-0.2, 0) is 6.54 Å². The van der Waals surface area contributed by atoms with Gasteiger partial charge in [-0.05, 0) is 36.2 Å². The highest BCUT2D eigenvalue weighted by Crippen LogP contribution is 2.19. The first-order valence-electron chi connectivity index (χ1n) is 6.18. The Balaban J connectivity index is 2.62. The standard InChI is InChI=1S/C11H23N5/c1-5-7-12-8-11-13-14-15-16(11)10(4)9(3)6-2/h9-10,12H,5-8H2,1-4H3. The summed E-state index contributed by atoms with van der Waals surface area (Å²) in [5.74, 6) is 1.52. The first-order chi connectivity index (χ1) is 7.70. The maximum atomic E-state index is 4.08. The quantitative estimate of drug-likeness (QED) is 0.719. The zero-order valence-electron chi connectivity index (χ0n) is 10.8. The lowest BCUT2D eigenvalue weighted by atomic mass is 10.0. The lowest BCUT2D eigenvalue weighted by molar-refractivity contribution is 0.327. The van der Waals surface area contributed by atoms with Gasteiger partial charge in [0.05, 0.1) is 12.6 Å². The van der Waals surface area contributed by atoms with E-state index < -0.39 is 0 Å². The van der Waals surface area contributed by atoms with Crippen LogP contribution in [0.2, 0.25) is 0 Å². The van der Waals surface area contributed by atoms with Crippen molar-refractivity contribution < 1.29 is 0 Å². The molecule has 0 bridgehead atoms. The van der Waals surface area contributed by atoms with E-state index in [9.17, 15) is 0 Å². The molecule has 5 heteroatoms. The second-order valence-corrected chi connectivity index (χ2v) is 4.34. The molecule has 0 fully saturated rings. The highest BCUT2D eigenvalue weighted by atomic mass is 15.6. The molecule has 0 saturated heterocycles. The Labute approximate surface area is 97.6 Å². The topological polar surface area (TPSA) is 55.6 Å². The first-order valence-corrected chi connectivity index (χ1v) is 6.18. The van der Waals surface area contributed by atoms with E-state index in [1.54, 1.807) is 0 Å². The molecular weight excluding hydrogens is 202 g/mol. The lowest BCUT2D eigenvalue weighted by Crippen LogP contribution is -2.22. The number of hydrogen-bond donors (Lipinski definition) is 1. The van der Waals surface area contributed by atoms with E-state index in [4.69, 9.17) is 0 Å². The molecule has 0 saturated carbocycles. The summed E-state index contributed by atoms with van der Waals surface area (Å²) in [7, 11) is 0. The molecule has 0 aliphatic rings. The van der Waals surface area contributed by atoms with Crippen LogP contribution in [0.15, 0.2) is 0 Å². The predicted molar refractivity (Wildman–Crippen MR) is 64.0 cm³/mol. The largest absolute Gasteiger partial charge is 0.310 e. The van der Waals surface area contributed by atoms with Gasteiger partial charge in [-0.3, -0.25) is 0 Å². The number of aromatic nitrogens is 4. The third-order valence-corrected chi connectivity index (χ3v) is 3.12. The number of nitrogens with zero attached hydrogens (tertiary/aromatic N) is 4. The van der Waals surface area contributed by atoms with Gasteiger partial charge in [0.2, 0.25) is 0 Å². The first kappa shape index (κ1) is 13.1. The molecule has 0 aliphatic carbocycles. The second kappa shape index (κ2) is 6.58. The fourth-order valence-corrected chi connectivity index (χ4v) is 1.60. The Hall–Kier alpha value is -0.970. The van der Waals surface area contributed by atoms with E-state index in [-0.39, 0.29) is 0 Å². The third-order valence-electron chi connectivity index (χ3n) is 3.12. The molecule has 0 radical (unpaired) electrons. The van der Waals surface area contributed by atoms with Crippen LogP contribution in [0, 0.1) is 5.92 Å². The molecule has 16 heavy (non-hydrogen) atoms. The Morgan fingerprint density at radius 1 is 1.31 bits per heavy atom. The summed E-state index contributed by atoms with van der Waals surface area (Å²) in [6.07, 6.45) is 2.27. The average molecular weight is 225 g/mol. The summed E-state index contributed by atoms with van der Waals surface area (Å²) in [6.45, 7) is 10.5. The van der Waals surface area contributed by atoms with E-state index in [0.29, 0.717) is 12.0 Å². The second-order valence-electron chi connectivity index (χ2n) is 4.34. The fourth-order valence-electron chi connectivity index (χ4n) is 1.60. The van der Waals surface area contributed by atoms with E-state index in [0.717, 1.165) is 31.8 Å². The molecule has 2 unspecified atom stereocenters. The van der Waals surface area contributed by atoms with Gasteiger partial charge in [0.25, 0.3) is 0 Å². The highest BCUT2D eigenvalue weighted by molar-refractivity contribution is 4.84. The van der Waals surface area contributed by atoms with Gasteiger partial charge in [-0.2, -0.15) is 0 Å². The molecule has 5 nitrogen and oxygen atoms in total. The summed E-state index contributed by atoms with van der Waals surface area (Å²) in [6, 6.07) is 0.360. The SMILES string of the molecule is CCCNCc1nnnn1C(C)C(C)CC. The van der Waals surface area contributed by atoms with Gasteiger partial charge in [0.1, 0.15) is 0 Å². The van der Waals surface area contributed by atoms with Crippen LogP contribution in [-0.4, -0.2) is 26.8 Å². The Morgan fingerprint density at radius 3 is 2.69 bits per heavy atom. The van der Waals surface area contributed by atoms with E-state index in [2.05, 4.69) is 48.5 Å². The molecule has 1 N–H and O–H groups in total. The van der Waals surface area contributed by atoms with Gasteiger partial charge in [-0.1, -0.05) is 27.2 Å². The highest BCUT2D eigenvalue weighted by Gasteiger charge is 2.17. The molecule has 0 aromatic carbocycles. The van der Waals surface area contributed by atoms with Crippen molar-refractivity contribution in [3.05, 3.63) is 5.82 Å². The molecule has 0 aliphatic heterocycles. The molecule has 0 spiro atoms. The Bertz CT molecular complexity index is 296. The van der Waals surface area contributed by atoms with Gasteiger partial charge in [0, 0.05) is 0 Å².